The maximum absolute atomic E-state index is 10.8. The molecule has 0 unspecified atom stereocenters. The Bertz CT molecular complexity index is 199. The van der Waals surface area contributed by atoms with Crippen LogP contribution in [0.1, 0.15) is 32.6 Å². The molecule has 0 aromatic heterocycles. The number of carbonyl (C=O) groups excluding carboxylic acids is 1. The summed E-state index contributed by atoms with van der Waals surface area (Å²) < 4.78 is 0. The van der Waals surface area contributed by atoms with E-state index in [1.165, 1.54) is 12.0 Å². The number of ketones is 1. The Kier molecular flexibility index (Phi) is 3.09. The van der Waals surface area contributed by atoms with Crippen LogP contribution >= 0.6 is 0 Å². The van der Waals surface area contributed by atoms with Crippen molar-refractivity contribution in [1.82, 2.24) is 0 Å². The lowest BCUT2D eigenvalue weighted by Crippen LogP contribution is -1.98. The first kappa shape index (κ1) is 8.25. The van der Waals surface area contributed by atoms with E-state index in [4.69, 9.17) is 0 Å². The Morgan fingerprint density at radius 3 is 2.82 bits per heavy atom. The van der Waals surface area contributed by atoms with Crippen LogP contribution in [0.4, 0.5) is 0 Å². The summed E-state index contributed by atoms with van der Waals surface area (Å²) in [6.45, 7) is 2.16. The SMILES string of the molecule is CCC/C=C1/C=CC(=O)CC1. The minimum absolute atomic E-state index is 0.263. The number of hydrogen-bond donors (Lipinski definition) is 0. The van der Waals surface area contributed by atoms with E-state index in [0.717, 1.165) is 12.8 Å². The third kappa shape index (κ3) is 2.71. The van der Waals surface area contributed by atoms with Gasteiger partial charge in [0.25, 0.3) is 0 Å². The van der Waals surface area contributed by atoms with Gasteiger partial charge in [-0.1, -0.05) is 31.1 Å². The molecule has 0 fully saturated rings. The second-order valence-electron chi connectivity index (χ2n) is 2.87. The van der Waals surface area contributed by atoms with E-state index in [1.54, 1.807) is 6.08 Å². The maximum Gasteiger partial charge on any atom is 0.156 e. The molecule has 1 heteroatoms. The molecule has 0 saturated heterocycles. The number of rotatable bonds is 2. The molecule has 0 N–H and O–H groups in total. The molecule has 0 amide bonds. The summed E-state index contributed by atoms with van der Waals surface area (Å²) in [6, 6.07) is 0. The first-order valence-electron chi connectivity index (χ1n) is 4.23. The first-order valence-corrected chi connectivity index (χ1v) is 4.23. The number of hydrogen-bond acceptors (Lipinski definition) is 1. The van der Waals surface area contributed by atoms with Gasteiger partial charge in [0.2, 0.25) is 0 Å². The number of carbonyl (C=O) groups is 1. The second kappa shape index (κ2) is 4.12. The fourth-order valence-electron chi connectivity index (χ4n) is 1.13. The van der Waals surface area contributed by atoms with Gasteiger partial charge in [0, 0.05) is 6.42 Å². The summed E-state index contributed by atoms with van der Waals surface area (Å²) in [5, 5.41) is 0. The summed E-state index contributed by atoms with van der Waals surface area (Å²) in [5.41, 5.74) is 1.33. The van der Waals surface area contributed by atoms with Crippen LogP contribution in [0.25, 0.3) is 0 Å². The molecule has 0 atom stereocenters. The minimum atomic E-state index is 0.263. The lowest BCUT2D eigenvalue weighted by atomic mass is 10.00. The fourth-order valence-corrected chi connectivity index (χ4v) is 1.13. The van der Waals surface area contributed by atoms with E-state index >= 15 is 0 Å². The van der Waals surface area contributed by atoms with Gasteiger partial charge in [0.15, 0.2) is 5.78 Å². The van der Waals surface area contributed by atoms with Crippen molar-refractivity contribution < 1.29 is 4.79 Å². The quantitative estimate of drug-likeness (QED) is 0.591. The molecular formula is C10H14O. The molecule has 11 heavy (non-hydrogen) atoms. The van der Waals surface area contributed by atoms with Gasteiger partial charge in [-0.15, -0.1) is 0 Å². The molecular weight excluding hydrogens is 136 g/mol. The molecule has 0 aliphatic heterocycles. The van der Waals surface area contributed by atoms with Crippen molar-refractivity contribution in [3.8, 4) is 0 Å². The van der Waals surface area contributed by atoms with Crippen molar-refractivity contribution in [2.75, 3.05) is 0 Å². The van der Waals surface area contributed by atoms with Gasteiger partial charge >= 0.3 is 0 Å². The van der Waals surface area contributed by atoms with Gasteiger partial charge < -0.3 is 0 Å². The van der Waals surface area contributed by atoms with Crippen molar-refractivity contribution in [2.45, 2.75) is 32.6 Å². The van der Waals surface area contributed by atoms with Gasteiger partial charge in [-0.3, -0.25) is 4.79 Å². The van der Waals surface area contributed by atoms with Crippen molar-refractivity contribution in [3.05, 3.63) is 23.8 Å². The summed E-state index contributed by atoms with van der Waals surface area (Å²) in [4.78, 5) is 10.8. The summed E-state index contributed by atoms with van der Waals surface area (Å²) in [5.74, 6) is 0.263. The van der Waals surface area contributed by atoms with E-state index in [1.807, 2.05) is 6.08 Å². The standard InChI is InChI=1S/C10H14O/c1-2-3-4-9-5-7-10(11)8-6-9/h4-5,7H,2-3,6,8H2,1H3/b9-4-. The molecule has 0 aromatic carbocycles. The highest BCUT2D eigenvalue weighted by Gasteiger charge is 2.04. The molecule has 0 spiro atoms. The zero-order valence-corrected chi connectivity index (χ0v) is 6.97. The smallest absolute Gasteiger partial charge is 0.156 e. The summed E-state index contributed by atoms with van der Waals surface area (Å²) >= 11 is 0. The van der Waals surface area contributed by atoms with Gasteiger partial charge in [-0.05, 0) is 18.9 Å². The molecule has 1 aliphatic carbocycles. The lowest BCUT2D eigenvalue weighted by Gasteiger charge is -2.05. The van der Waals surface area contributed by atoms with Crippen LogP contribution in [0.2, 0.25) is 0 Å². The molecule has 60 valence electrons. The highest BCUT2D eigenvalue weighted by Crippen LogP contribution is 2.14. The van der Waals surface area contributed by atoms with Crippen molar-refractivity contribution in [3.63, 3.8) is 0 Å². The monoisotopic (exact) mass is 150 g/mol. The van der Waals surface area contributed by atoms with Crippen LogP contribution < -0.4 is 0 Å². The van der Waals surface area contributed by atoms with E-state index in [9.17, 15) is 4.79 Å². The topological polar surface area (TPSA) is 17.1 Å². The Morgan fingerprint density at radius 2 is 2.27 bits per heavy atom. The lowest BCUT2D eigenvalue weighted by molar-refractivity contribution is -0.114. The Hall–Kier alpha value is -0.850. The van der Waals surface area contributed by atoms with E-state index in [2.05, 4.69) is 13.0 Å². The Balaban J connectivity index is 2.49. The highest BCUT2D eigenvalue weighted by molar-refractivity contribution is 5.91. The molecule has 1 aliphatic rings. The van der Waals surface area contributed by atoms with Crippen LogP contribution in [0.15, 0.2) is 23.8 Å². The van der Waals surface area contributed by atoms with E-state index in [0.29, 0.717) is 6.42 Å². The summed E-state index contributed by atoms with van der Waals surface area (Å²) in [6.07, 6.45) is 9.82. The Morgan fingerprint density at radius 1 is 1.45 bits per heavy atom. The highest BCUT2D eigenvalue weighted by atomic mass is 16.1. The largest absolute Gasteiger partial charge is 0.295 e. The van der Waals surface area contributed by atoms with Crippen LogP contribution in [0.3, 0.4) is 0 Å². The van der Waals surface area contributed by atoms with Gasteiger partial charge in [-0.2, -0.15) is 0 Å². The predicted molar refractivity (Wildman–Crippen MR) is 46.4 cm³/mol. The zero-order valence-electron chi connectivity index (χ0n) is 6.97. The van der Waals surface area contributed by atoms with E-state index < -0.39 is 0 Å². The zero-order chi connectivity index (χ0) is 8.10. The fraction of sp³-hybridized carbons (Fsp3) is 0.500. The average molecular weight is 150 g/mol. The Labute approximate surface area is 67.8 Å². The van der Waals surface area contributed by atoms with E-state index in [-0.39, 0.29) is 5.78 Å². The van der Waals surface area contributed by atoms with Crippen molar-refractivity contribution in [2.24, 2.45) is 0 Å². The van der Waals surface area contributed by atoms with Crippen LogP contribution in [-0.4, -0.2) is 5.78 Å². The first-order chi connectivity index (χ1) is 5.33. The average Bonchev–Trinajstić information content (AvgIpc) is 2.04. The van der Waals surface area contributed by atoms with Gasteiger partial charge in [0.05, 0.1) is 0 Å². The number of allylic oxidation sites excluding steroid dienone is 4. The molecule has 0 saturated carbocycles. The third-order valence-electron chi connectivity index (χ3n) is 1.84. The van der Waals surface area contributed by atoms with Crippen LogP contribution in [0, 0.1) is 0 Å². The number of unbranched alkanes of at least 4 members (excludes halogenated alkanes) is 1. The van der Waals surface area contributed by atoms with Crippen LogP contribution in [0.5, 0.6) is 0 Å². The third-order valence-corrected chi connectivity index (χ3v) is 1.84. The van der Waals surface area contributed by atoms with Gasteiger partial charge in [0.1, 0.15) is 0 Å². The van der Waals surface area contributed by atoms with Gasteiger partial charge in [-0.25, -0.2) is 0 Å². The predicted octanol–water partition coefficient (Wildman–Crippen LogP) is 2.63. The normalized spacial score (nSPS) is 21.2. The summed E-state index contributed by atoms with van der Waals surface area (Å²) in [7, 11) is 0. The van der Waals surface area contributed by atoms with Crippen molar-refractivity contribution in [1.29, 1.82) is 0 Å². The second-order valence-corrected chi connectivity index (χ2v) is 2.87. The minimum Gasteiger partial charge on any atom is -0.295 e. The molecule has 0 bridgehead atoms. The molecule has 0 aromatic rings. The molecule has 1 rings (SSSR count). The maximum atomic E-state index is 10.8. The van der Waals surface area contributed by atoms with Crippen LogP contribution in [-0.2, 0) is 4.79 Å². The molecule has 0 heterocycles. The molecule has 0 radical (unpaired) electrons. The van der Waals surface area contributed by atoms with Crippen molar-refractivity contribution >= 4 is 5.78 Å². The molecule has 1 nitrogen and oxygen atoms in total.